The lowest BCUT2D eigenvalue weighted by atomic mass is 10.2. The lowest BCUT2D eigenvalue weighted by molar-refractivity contribution is 0.189. The molecule has 1 fully saturated rings. The first kappa shape index (κ1) is 18.7. The average molecular weight is 422 g/mol. The predicted octanol–water partition coefficient (Wildman–Crippen LogP) is 5.42. The zero-order chi connectivity index (χ0) is 20.0. The van der Waals surface area contributed by atoms with Crippen molar-refractivity contribution in [3.8, 4) is 5.69 Å². The van der Waals surface area contributed by atoms with Gasteiger partial charge in [-0.1, -0.05) is 30.3 Å². The minimum absolute atomic E-state index is 0.332. The first-order valence-corrected chi connectivity index (χ1v) is 11.2. The van der Waals surface area contributed by atoms with Crippen LogP contribution in [0.25, 0.3) is 15.9 Å². The van der Waals surface area contributed by atoms with Crippen LogP contribution in [0.3, 0.4) is 0 Å². The smallest absolute Gasteiger partial charge is 0.203 e. The number of fused-ring (bicyclic) bond motifs is 1. The molecular formula is C22H23N5S2. The maximum Gasteiger partial charge on any atom is 0.203 e. The van der Waals surface area contributed by atoms with E-state index in [0.717, 1.165) is 34.8 Å². The molecule has 4 aromatic rings. The van der Waals surface area contributed by atoms with Gasteiger partial charge in [0, 0.05) is 6.54 Å². The Labute approximate surface area is 179 Å². The molecule has 0 amide bonds. The second-order valence-corrected chi connectivity index (χ2v) is 9.01. The summed E-state index contributed by atoms with van der Waals surface area (Å²) in [5.74, 6) is 0.917. The van der Waals surface area contributed by atoms with Crippen molar-refractivity contribution in [2.24, 2.45) is 0 Å². The highest BCUT2D eigenvalue weighted by Gasteiger charge is 2.29. The third kappa shape index (κ3) is 3.33. The highest BCUT2D eigenvalue weighted by molar-refractivity contribution is 7.71. The second kappa shape index (κ2) is 7.48. The Kier molecular flexibility index (Phi) is 4.81. The highest BCUT2D eigenvalue weighted by atomic mass is 32.1. The van der Waals surface area contributed by atoms with Crippen molar-refractivity contribution in [2.75, 3.05) is 6.54 Å². The topological polar surface area (TPSA) is 38.9 Å². The van der Waals surface area contributed by atoms with Gasteiger partial charge in [-0.05, 0) is 62.7 Å². The van der Waals surface area contributed by atoms with E-state index in [4.69, 9.17) is 22.3 Å². The number of aromatic nitrogens is 4. The normalized spacial score (nSPS) is 17.4. The van der Waals surface area contributed by atoms with Crippen LogP contribution < -0.4 is 0 Å². The molecule has 2 aromatic carbocycles. The molecule has 0 spiro atoms. The lowest BCUT2D eigenvalue weighted by Gasteiger charge is -2.22. The molecule has 0 unspecified atom stereocenters. The molecule has 5 nitrogen and oxygen atoms in total. The molecule has 0 radical (unpaired) electrons. The van der Waals surface area contributed by atoms with Crippen LogP contribution in [0.5, 0.6) is 0 Å². The second-order valence-electron chi connectivity index (χ2n) is 7.58. The van der Waals surface area contributed by atoms with E-state index in [0.29, 0.717) is 12.7 Å². The molecule has 0 bridgehead atoms. The summed E-state index contributed by atoms with van der Waals surface area (Å²) >= 11 is 7.63. The molecule has 0 N–H and O–H groups in total. The Morgan fingerprint density at radius 1 is 1.10 bits per heavy atom. The number of nitrogens with zero attached hydrogens (tertiary/aromatic N) is 5. The fraction of sp³-hybridized carbons (Fsp3) is 0.318. The number of hydrogen-bond donors (Lipinski definition) is 0. The summed E-state index contributed by atoms with van der Waals surface area (Å²) in [6, 6.07) is 17.0. The van der Waals surface area contributed by atoms with Crippen molar-refractivity contribution < 1.29 is 0 Å². The van der Waals surface area contributed by atoms with Gasteiger partial charge in [0.05, 0.1) is 28.6 Å². The molecule has 148 valence electrons. The van der Waals surface area contributed by atoms with Crippen molar-refractivity contribution in [3.63, 3.8) is 0 Å². The number of benzene rings is 2. The van der Waals surface area contributed by atoms with E-state index >= 15 is 0 Å². The largest absolute Gasteiger partial charge is 0.275 e. The quantitative estimate of drug-likeness (QED) is 0.412. The van der Waals surface area contributed by atoms with E-state index < -0.39 is 0 Å². The predicted molar refractivity (Wildman–Crippen MR) is 120 cm³/mol. The van der Waals surface area contributed by atoms with E-state index in [1.165, 1.54) is 21.7 Å². The number of thiazole rings is 1. The first-order valence-electron chi connectivity index (χ1n) is 9.94. The van der Waals surface area contributed by atoms with Crippen molar-refractivity contribution in [1.29, 1.82) is 0 Å². The molecule has 29 heavy (non-hydrogen) atoms. The molecule has 5 rings (SSSR count). The molecule has 1 aliphatic rings. The van der Waals surface area contributed by atoms with Gasteiger partial charge < -0.3 is 0 Å². The van der Waals surface area contributed by atoms with E-state index in [2.05, 4.69) is 58.9 Å². The van der Waals surface area contributed by atoms with Crippen LogP contribution >= 0.6 is 23.6 Å². The standard InChI is InChI=1S/C22H23N5S2/c1-15-8-3-5-10-18(15)27-16(2)24-26(22(27)28)14-25-13-7-11-19(25)21-23-17-9-4-6-12-20(17)29-21/h3-6,8-10,12,19H,7,11,13-14H2,1-2H3/t19-/m1/s1. The van der Waals surface area contributed by atoms with Gasteiger partial charge in [-0.3, -0.25) is 9.47 Å². The van der Waals surface area contributed by atoms with Gasteiger partial charge in [0.25, 0.3) is 0 Å². The monoisotopic (exact) mass is 421 g/mol. The van der Waals surface area contributed by atoms with Gasteiger partial charge >= 0.3 is 0 Å². The highest BCUT2D eigenvalue weighted by Crippen LogP contribution is 2.36. The molecular weight excluding hydrogens is 398 g/mol. The third-order valence-electron chi connectivity index (χ3n) is 5.63. The van der Waals surface area contributed by atoms with Crippen molar-refractivity contribution in [1.82, 2.24) is 24.2 Å². The third-order valence-corrected chi connectivity index (χ3v) is 7.16. The van der Waals surface area contributed by atoms with E-state index in [9.17, 15) is 0 Å². The van der Waals surface area contributed by atoms with Crippen LogP contribution in [0, 0.1) is 18.6 Å². The van der Waals surface area contributed by atoms with Gasteiger partial charge in [-0.2, -0.15) is 5.10 Å². The van der Waals surface area contributed by atoms with E-state index in [-0.39, 0.29) is 0 Å². The number of aryl methyl sites for hydroxylation is 2. The summed E-state index contributed by atoms with van der Waals surface area (Å²) in [5.41, 5.74) is 3.39. The van der Waals surface area contributed by atoms with Crippen LogP contribution in [-0.2, 0) is 6.67 Å². The number of likely N-dealkylation sites (tertiary alicyclic amines) is 1. The molecule has 0 saturated carbocycles. The lowest BCUT2D eigenvalue weighted by Crippen LogP contribution is -2.27. The van der Waals surface area contributed by atoms with Gasteiger partial charge in [-0.25, -0.2) is 9.67 Å². The summed E-state index contributed by atoms with van der Waals surface area (Å²) in [4.78, 5) is 7.37. The Bertz CT molecular complexity index is 1200. The van der Waals surface area contributed by atoms with Crippen LogP contribution in [0.1, 0.15) is 35.3 Å². The average Bonchev–Trinajstić information content (AvgIpc) is 3.41. The zero-order valence-corrected chi connectivity index (χ0v) is 18.2. The summed E-state index contributed by atoms with van der Waals surface area (Å²) in [6.45, 7) is 5.86. The zero-order valence-electron chi connectivity index (χ0n) is 16.6. The fourth-order valence-electron chi connectivity index (χ4n) is 4.18. The van der Waals surface area contributed by atoms with Crippen molar-refractivity contribution in [3.05, 3.63) is 69.7 Å². The molecule has 1 atom stereocenters. The van der Waals surface area contributed by atoms with Crippen molar-refractivity contribution >= 4 is 33.8 Å². The Hall–Kier alpha value is -2.35. The Morgan fingerprint density at radius 3 is 2.72 bits per heavy atom. The Balaban J connectivity index is 1.46. The van der Waals surface area contributed by atoms with Gasteiger partial charge in [0.2, 0.25) is 4.77 Å². The minimum Gasteiger partial charge on any atom is -0.275 e. The first-order chi connectivity index (χ1) is 14.1. The SMILES string of the molecule is Cc1ccccc1-n1c(C)nn(CN2CCC[C@@H]2c2nc3ccccc3s2)c1=S. The summed E-state index contributed by atoms with van der Waals surface area (Å²) < 4.78 is 6.04. The number of hydrogen-bond acceptors (Lipinski definition) is 5. The maximum absolute atomic E-state index is 5.82. The molecule has 7 heteroatoms. The molecule has 3 heterocycles. The number of para-hydroxylation sites is 2. The fourth-order valence-corrected chi connectivity index (χ4v) is 5.65. The summed E-state index contributed by atoms with van der Waals surface area (Å²) in [6.07, 6.45) is 2.30. The molecule has 2 aromatic heterocycles. The van der Waals surface area contributed by atoms with Crippen molar-refractivity contribution in [2.45, 2.75) is 39.4 Å². The summed E-state index contributed by atoms with van der Waals surface area (Å²) in [5, 5.41) is 5.98. The molecule has 0 aliphatic carbocycles. The maximum atomic E-state index is 5.82. The minimum atomic E-state index is 0.332. The van der Waals surface area contributed by atoms with E-state index in [1.54, 1.807) is 11.3 Å². The van der Waals surface area contributed by atoms with Gasteiger partial charge in [0.1, 0.15) is 10.8 Å². The van der Waals surface area contributed by atoms with Crippen LogP contribution in [0.15, 0.2) is 48.5 Å². The molecule has 1 aliphatic heterocycles. The van der Waals surface area contributed by atoms with Crippen LogP contribution in [-0.4, -0.2) is 30.8 Å². The van der Waals surface area contributed by atoms with Crippen LogP contribution in [0.2, 0.25) is 0 Å². The van der Waals surface area contributed by atoms with Crippen LogP contribution in [0.4, 0.5) is 0 Å². The molecule has 1 saturated heterocycles. The van der Waals surface area contributed by atoms with E-state index in [1.807, 2.05) is 17.7 Å². The van der Waals surface area contributed by atoms with Gasteiger partial charge in [-0.15, -0.1) is 11.3 Å². The number of rotatable bonds is 4. The van der Waals surface area contributed by atoms with Gasteiger partial charge in [0.15, 0.2) is 0 Å². The Morgan fingerprint density at radius 2 is 1.90 bits per heavy atom. The summed E-state index contributed by atoms with van der Waals surface area (Å²) in [7, 11) is 0.